The summed E-state index contributed by atoms with van der Waals surface area (Å²) in [6, 6.07) is 7.33. The zero-order valence-corrected chi connectivity index (χ0v) is 13.6. The van der Waals surface area contributed by atoms with E-state index in [4.69, 9.17) is 5.11 Å². The average Bonchev–Trinajstić information content (AvgIpc) is 2.48. The van der Waals surface area contributed by atoms with Crippen LogP contribution in [0.1, 0.15) is 12.6 Å². The molecule has 0 radical (unpaired) electrons. The molecule has 3 N–H and O–H groups in total. The van der Waals surface area contributed by atoms with E-state index in [2.05, 4.69) is 36.5 Å². The van der Waals surface area contributed by atoms with Gasteiger partial charge in [-0.3, -0.25) is 0 Å². The number of rotatable bonds is 5. The molecule has 1 atom stereocenters. The molecule has 23 heavy (non-hydrogen) atoms. The van der Waals surface area contributed by atoms with Gasteiger partial charge in [0.2, 0.25) is 5.95 Å². The highest BCUT2D eigenvalue weighted by molar-refractivity contribution is 9.10. The Morgan fingerprint density at radius 1 is 1.26 bits per heavy atom. The maximum absolute atomic E-state index is 13.0. The molecule has 0 spiro atoms. The van der Waals surface area contributed by atoms with E-state index < -0.39 is 17.9 Å². The standard InChI is InChI=1S/C14H14BrF3N4O/c1-8(7-23)19-13-21-11(14(16,17)18)6-12(22-13)20-10-5-3-2-4-9(10)15/h2-6,8,23H,7H2,1H3,(H2,19,20,21,22)/t8-/m1/s1. The van der Waals surface area contributed by atoms with Crippen LogP contribution in [0, 0.1) is 0 Å². The summed E-state index contributed by atoms with van der Waals surface area (Å²) in [6.45, 7) is 1.34. The summed E-state index contributed by atoms with van der Waals surface area (Å²) in [5.41, 5.74) is -0.504. The molecule has 1 heterocycles. The SMILES string of the molecule is C[C@H](CO)Nc1nc(Nc2ccccc2Br)cc(C(F)(F)F)n1. The first kappa shape index (κ1) is 17.5. The number of halogens is 4. The topological polar surface area (TPSA) is 70.1 Å². The molecular formula is C14H14BrF3N4O. The van der Waals surface area contributed by atoms with Gasteiger partial charge in [0, 0.05) is 16.6 Å². The van der Waals surface area contributed by atoms with E-state index in [1.165, 1.54) is 0 Å². The van der Waals surface area contributed by atoms with E-state index >= 15 is 0 Å². The van der Waals surface area contributed by atoms with Crippen molar-refractivity contribution in [3.63, 3.8) is 0 Å². The second-order valence-corrected chi connectivity index (χ2v) is 5.65. The second kappa shape index (κ2) is 7.14. The van der Waals surface area contributed by atoms with Crippen LogP contribution in [-0.4, -0.2) is 27.7 Å². The van der Waals surface area contributed by atoms with Gasteiger partial charge in [-0.05, 0) is 35.0 Å². The molecule has 0 aliphatic carbocycles. The highest BCUT2D eigenvalue weighted by atomic mass is 79.9. The second-order valence-electron chi connectivity index (χ2n) is 4.79. The molecule has 5 nitrogen and oxygen atoms in total. The van der Waals surface area contributed by atoms with Crippen molar-refractivity contribution in [3.8, 4) is 0 Å². The number of anilines is 3. The number of aromatic nitrogens is 2. The molecule has 0 unspecified atom stereocenters. The van der Waals surface area contributed by atoms with Crippen LogP contribution >= 0.6 is 15.9 Å². The number of nitrogens with one attached hydrogen (secondary N) is 2. The van der Waals surface area contributed by atoms with E-state index in [-0.39, 0.29) is 18.4 Å². The molecule has 0 amide bonds. The number of benzene rings is 1. The third kappa shape index (κ3) is 4.80. The molecule has 2 aromatic rings. The van der Waals surface area contributed by atoms with Crippen molar-refractivity contribution in [2.24, 2.45) is 0 Å². The van der Waals surface area contributed by atoms with Crippen molar-refractivity contribution in [1.29, 1.82) is 0 Å². The molecule has 0 aliphatic rings. The molecular weight excluding hydrogens is 377 g/mol. The molecule has 0 bridgehead atoms. The zero-order chi connectivity index (χ0) is 17.0. The van der Waals surface area contributed by atoms with Crippen LogP contribution in [0.3, 0.4) is 0 Å². The van der Waals surface area contributed by atoms with Crippen LogP contribution in [0.5, 0.6) is 0 Å². The number of aliphatic hydroxyl groups is 1. The summed E-state index contributed by atoms with van der Waals surface area (Å²) in [4.78, 5) is 7.45. The number of nitrogens with zero attached hydrogens (tertiary/aromatic N) is 2. The van der Waals surface area contributed by atoms with E-state index in [0.717, 1.165) is 6.07 Å². The van der Waals surface area contributed by atoms with Gasteiger partial charge in [0.25, 0.3) is 0 Å². The van der Waals surface area contributed by atoms with Crippen LogP contribution in [-0.2, 0) is 6.18 Å². The van der Waals surface area contributed by atoms with Gasteiger partial charge in [-0.2, -0.15) is 18.2 Å². The Hall–Kier alpha value is -1.87. The quantitative estimate of drug-likeness (QED) is 0.724. The maximum Gasteiger partial charge on any atom is 0.433 e. The predicted octanol–water partition coefficient (Wildman–Crippen LogP) is 3.79. The first-order valence-corrected chi connectivity index (χ1v) is 7.44. The summed E-state index contributed by atoms with van der Waals surface area (Å²) in [6.07, 6.45) is -4.60. The Kier molecular flexibility index (Phi) is 5.42. The molecule has 124 valence electrons. The number of hydrogen-bond acceptors (Lipinski definition) is 5. The minimum atomic E-state index is -4.60. The summed E-state index contributed by atoms with van der Waals surface area (Å²) in [5, 5.41) is 14.4. The first-order chi connectivity index (χ1) is 10.8. The Bertz CT molecular complexity index is 681. The van der Waals surface area contributed by atoms with Gasteiger partial charge in [0.1, 0.15) is 5.82 Å². The molecule has 2 rings (SSSR count). The van der Waals surface area contributed by atoms with Gasteiger partial charge in [0.05, 0.1) is 12.3 Å². The van der Waals surface area contributed by atoms with Gasteiger partial charge in [-0.15, -0.1) is 0 Å². The van der Waals surface area contributed by atoms with Crippen LogP contribution in [0.15, 0.2) is 34.8 Å². The lowest BCUT2D eigenvalue weighted by atomic mass is 10.3. The third-order valence-electron chi connectivity index (χ3n) is 2.80. The minimum absolute atomic E-state index is 0.00753. The average molecular weight is 391 g/mol. The van der Waals surface area contributed by atoms with Crippen molar-refractivity contribution >= 4 is 33.4 Å². The number of hydrogen-bond donors (Lipinski definition) is 3. The fourth-order valence-corrected chi connectivity index (χ4v) is 2.07. The lowest BCUT2D eigenvalue weighted by Gasteiger charge is -2.15. The van der Waals surface area contributed by atoms with E-state index in [0.29, 0.717) is 10.2 Å². The van der Waals surface area contributed by atoms with Gasteiger partial charge >= 0.3 is 6.18 Å². The van der Waals surface area contributed by atoms with Crippen molar-refractivity contribution in [2.45, 2.75) is 19.1 Å². The molecule has 9 heteroatoms. The van der Waals surface area contributed by atoms with Gasteiger partial charge in [0.15, 0.2) is 5.69 Å². The summed E-state index contributed by atoms with van der Waals surface area (Å²) >= 11 is 3.30. The third-order valence-corrected chi connectivity index (χ3v) is 3.49. The van der Waals surface area contributed by atoms with Gasteiger partial charge < -0.3 is 15.7 Å². The fraction of sp³-hybridized carbons (Fsp3) is 0.286. The van der Waals surface area contributed by atoms with Crippen LogP contribution in [0.25, 0.3) is 0 Å². The molecule has 0 saturated heterocycles. The lowest BCUT2D eigenvalue weighted by molar-refractivity contribution is -0.141. The van der Waals surface area contributed by atoms with Crippen molar-refractivity contribution < 1.29 is 18.3 Å². The van der Waals surface area contributed by atoms with E-state index in [1.807, 2.05) is 0 Å². The number of alkyl halides is 3. The van der Waals surface area contributed by atoms with Crippen molar-refractivity contribution in [3.05, 3.63) is 40.5 Å². The smallest absolute Gasteiger partial charge is 0.394 e. The van der Waals surface area contributed by atoms with Gasteiger partial charge in [-0.1, -0.05) is 12.1 Å². The van der Waals surface area contributed by atoms with Crippen LogP contribution < -0.4 is 10.6 Å². The number of aliphatic hydroxyl groups excluding tert-OH is 1. The molecule has 0 aliphatic heterocycles. The summed E-state index contributed by atoms with van der Waals surface area (Å²) in [5.74, 6) is -0.220. The monoisotopic (exact) mass is 390 g/mol. The van der Waals surface area contributed by atoms with Crippen molar-refractivity contribution in [2.75, 3.05) is 17.2 Å². The highest BCUT2D eigenvalue weighted by Crippen LogP contribution is 2.31. The zero-order valence-electron chi connectivity index (χ0n) is 12.0. The summed E-state index contributed by atoms with van der Waals surface area (Å²) < 4.78 is 39.6. The van der Waals surface area contributed by atoms with Gasteiger partial charge in [-0.25, -0.2) is 4.98 Å². The Morgan fingerprint density at radius 2 is 1.96 bits per heavy atom. The molecule has 1 aromatic heterocycles. The first-order valence-electron chi connectivity index (χ1n) is 6.65. The Labute approximate surface area is 139 Å². The predicted molar refractivity (Wildman–Crippen MR) is 84.6 cm³/mol. The van der Waals surface area contributed by atoms with E-state index in [9.17, 15) is 13.2 Å². The maximum atomic E-state index is 13.0. The Balaban J connectivity index is 2.38. The lowest BCUT2D eigenvalue weighted by Crippen LogP contribution is -2.22. The largest absolute Gasteiger partial charge is 0.433 e. The fourth-order valence-electron chi connectivity index (χ4n) is 1.69. The Morgan fingerprint density at radius 3 is 2.57 bits per heavy atom. The number of para-hydroxylation sites is 1. The van der Waals surface area contributed by atoms with Crippen LogP contribution in [0.2, 0.25) is 0 Å². The van der Waals surface area contributed by atoms with Crippen LogP contribution in [0.4, 0.5) is 30.6 Å². The normalized spacial score (nSPS) is 12.8. The summed E-state index contributed by atoms with van der Waals surface area (Å²) in [7, 11) is 0. The molecule has 0 saturated carbocycles. The molecule has 0 fully saturated rings. The highest BCUT2D eigenvalue weighted by Gasteiger charge is 2.34. The van der Waals surface area contributed by atoms with Crippen molar-refractivity contribution in [1.82, 2.24) is 9.97 Å². The minimum Gasteiger partial charge on any atom is -0.394 e. The van der Waals surface area contributed by atoms with E-state index in [1.54, 1.807) is 31.2 Å². The molecule has 1 aromatic carbocycles.